The molecule has 0 radical (unpaired) electrons. The summed E-state index contributed by atoms with van der Waals surface area (Å²) in [6.07, 6.45) is 6.67. The van der Waals surface area contributed by atoms with E-state index >= 15 is 0 Å². The summed E-state index contributed by atoms with van der Waals surface area (Å²) < 4.78 is 1.53. The number of nitrogens with one attached hydrogen (secondary N) is 2. The van der Waals surface area contributed by atoms with Crippen LogP contribution in [0.3, 0.4) is 0 Å². The normalized spacial score (nSPS) is 20.0. The summed E-state index contributed by atoms with van der Waals surface area (Å²) >= 11 is 0. The third-order valence-electron chi connectivity index (χ3n) is 3.74. The van der Waals surface area contributed by atoms with E-state index in [1.807, 2.05) is 0 Å². The molecule has 2 aromatic rings. The largest absolute Gasteiger partial charge is 0.348 e. The van der Waals surface area contributed by atoms with E-state index in [0.29, 0.717) is 17.4 Å². The van der Waals surface area contributed by atoms with Crippen LogP contribution < -0.4 is 10.6 Å². The number of hydrogen-bond donors (Lipinski definition) is 2. The van der Waals surface area contributed by atoms with Crippen LogP contribution in [0.1, 0.15) is 30.1 Å². The summed E-state index contributed by atoms with van der Waals surface area (Å²) in [5.74, 6) is 0.495. The van der Waals surface area contributed by atoms with Gasteiger partial charge in [-0.25, -0.2) is 14.6 Å². The number of carbonyl (C=O) groups is 1. The lowest BCUT2D eigenvalue weighted by Gasteiger charge is -2.30. The molecule has 1 fully saturated rings. The van der Waals surface area contributed by atoms with Gasteiger partial charge in [-0.2, -0.15) is 5.10 Å². The van der Waals surface area contributed by atoms with Gasteiger partial charge in [0.2, 0.25) is 0 Å². The van der Waals surface area contributed by atoms with Crippen LogP contribution in [0, 0.1) is 0 Å². The first-order valence-corrected chi connectivity index (χ1v) is 7.09. The van der Waals surface area contributed by atoms with Gasteiger partial charge in [0.15, 0.2) is 5.82 Å². The summed E-state index contributed by atoms with van der Waals surface area (Å²) in [4.78, 5) is 20.4. The second-order valence-corrected chi connectivity index (χ2v) is 5.21. The third-order valence-corrected chi connectivity index (χ3v) is 3.74. The van der Waals surface area contributed by atoms with Crippen molar-refractivity contribution in [2.45, 2.75) is 31.8 Å². The second-order valence-electron chi connectivity index (χ2n) is 5.21. The Bertz CT molecular complexity index is 621. The highest BCUT2D eigenvalue weighted by Gasteiger charge is 2.23. The Morgan fingerprint density at radius 2 is 2.26 bits per heavy atom. The Morgan fingerprint density at radius 3 is 2.96 bits per heavy atom. The molecule has 23 heavy (non-hydrogen) atoms. The van der Waals surface area contributed by atoms with Crippen molar-refractivity contribution in [2.75, 3.05) is 6.54 Å². The van der Waals surface area contributed by atoms with Gasteiger partial charge in [0, 0.05) is 23.8 Å². The quantitative estimate of drug-likeness (QED) is 0.865. The molecule has 2 N–H and O–H groups in total. The number of nitrogens with zero attached hydrogens (tertiary/aromatic N) is 4. The Morgan fingerprint density at radius 1 is 1.43 bits per heavy atom. The summed E-state index contributed by atoms with van der Waals surface area (Å²) in [5.41, 5.74) is 0.577. The van der Waals surface area contributed by atoms with Crippen molar-refractivity contribution in [1.82, 2.24) is 30.4 Å². The minimum atomic E-state index is -0.0840. The van der Waals surface area contributed by atoms with Crippen LogP contribution in [-0.2, 0) is 0 Å². The molecule has 2 aromatic heterocycles. The Hall–Kier alpha value is -1.70. The molecule has 2 unspecified atom stereocenters. The molecule has 1 aliphatic heterocycles. The second kappa shape index (κ2) is 8.81. The molecule has 0 spiro atoms. The number of piperidine rings is 1. The van der Waals surface area contributed by atoms with Gasteiger partial charge in [0.1, 0.15) is 12.7 Å². The highest BCUT2D eigenvalue weighted by molar-refractivity contribution is 5.94. The molecule has 1 aliphatic rings. The highest BCUT2D eigenvalue weighted by Crippen LogP contribution is 2.11. The highest BCUT2D eigenvalue weighted by atomic mass is 35.5. The smallest absolute Gasteiger partial charge is 0.251 e. The first kappa shape index (κ1) is 19.3. The zero-order valence-corrected chi connectivity index (χ0v) is 14.3. The number of amides is 1. The van der Waals surface area contributed by atoms with Crippen LogP contribution >= 0.6 is 24.8 Å². The van der Waals surface area contributed by atoms with E-state index in [-0.39, 0.29) is 36.8 Å². The molecule has 1 saturated heterocycles. The van der Waals surface area contributed by atoms with Gasteiger partial charge in [-0.15, -0.1) is 24.8 Å². The lowest BCUT2D eigenvalue weighted by Crippen LogP contribution is -2.51. The van der Waals surface area contributed by atoms with Gasteiger partial charge < -0.3 is 10.6 Å². The number of carbonyl (C=O) groups excluding carboxylic acids is 1. The lowest BCUT2D eigenvalue weighted by molar-refractivity contribution is 0.0919. The molecule has 3 heterocycles. The molecule has 2 atom stereocenters. The average Bonchev–Trinajstić information content (AvgIpc) is 3.04. The topological polar surface area (TPSA) is 84.7 Å². The van der Waals surface area contributed by atoms with Gasteiger partial charge in [-0.1, -0.05) is 0 Å². The van der Waals surface area contributed by atoms with Crippen LogP contribution in [0.25, 0.3) is 5.82 Å². The summed E-state index contributed by atoms with van der Waals surface area (Å²) in [5, 5.41) is 10.5. The molecule has 7 nitrogen and oxygen atoms in total. The van der Waals surface area contributed by atoms with Crippen molar-refractivity contribution >= 4 is 30.7 Å². The predicted molar refractivity (Wildman–Crippen MR) is 91.6 cm³/mol. The van der Waals surface area contributed by atoms with E-state index in [1.54, 1.807) is 24.7 Å². The SMILES string of the molecule is CC1NCCCC1NC(=O)c1ccnc(-n2cncn2)c1.Cl.Cl. The first-order valence-electron chi connectivity index (χ1n) is 7.09. The summed E-state index contributed by atoms with van der Waals surface area (Å²) in [6, 6.07) is 3.87. The predicted octanol–water partition coefficient (Wildman–Crippen LogP) is 1.38. The fraction of sp³-hybridized carbons (Fsp3) is 0.429. The minimum absolute atomic E-state index is 0. The molecule has 0 bridgehead atoms. The maximum Gasteiger partial charge on any atom is 0.251 e. The summed E-state index contributed by atoms with van der Waals surface area (Å²) in [6.45, 7) is 3.11. The molecular weight excluding hydrogens is 339 g/mol. The number of aromatic nitrogens is 4. The molecular formula is C14H20Cl2N6O. The first-order chi connectivity index (χ1) is 10.2. The minimum Gasteiger partial charge on any atom is -0.348 e. The van der Waals surface area contributed by atoms with Crippen molar-refractivity contribution in [3.05, 3.63) is 36.5 Å². The Labute approximate surface area is 147 Å². The molecule has 126 valence electrons. The number of hydrogen-bond acceptors (Lipinski definition) is 5. The van der Waals surface area contributed by atoms with Crippen LogP contribution in [0.2, 0.25) is 0 Å². The zero-order chi connectivity index (χ0) is 14.7. The molecule has 0 aliphatic carbocycles. The standard InChI is InChI=1S/C14H18N6O.2ClH/c1-10-12(3-2-5-16-10)19-14(21)11-4-6-17-13(7-11)20-9-15-8-18-20;;/h4,6-10,12,16H,2-3,5H2,1H3,(H,19,21);2*1H. The van der Waals surface area contributed by atoms with E-state index in [2.05, 4.69) is 32.6 Å². The van der Waals surface area contributed by atoms with Crippen molar-refractivity contribution in [2.24, 2.45) is 0 Å². The molecule has 1 amide bonds. The van der Waals surface area contributed by atoms with Crippen LogP contribution in [-0.4, -0.2) is 44.3 Å². The Balaban J connectivity index is 0.00000132. The van der Waals surface area contributed by atoms with Gasteiger partial charge in [0.25, 0.3) is 5.91 Å². The Kier molecular flexibility index (Phi) is 7.41. The van der Waals surface area contributed by atoms with E-state index in [4.69, 9.17) is 0 Å². The van der Waals surface area contributed by atoms with Gasteiger partial charge in [-0.3, -0.25) is 4.79 Å². The van der Waals surface area contributed by atoms with Gasteiger partial charge >= 0.3 is 0 Å². The third kappa shape index (κ3) is 4.63. The van der Waals surface area contributed by atoms with E-state index < -0.39 is 0 Å². The van der Waals surface area contributed by atoms with Crippen LogP contribution in [0.15, 0.2) is 31.0 Å². The molecule has 0 aromatic carbocycles. The number of rotatable bonds is 3. The van der Waals surface area contributed by atoms with Crippen LogP contribution in [0.4, 0.5) is 0 Å². The number of pyridine rings is 1. The van der Waals surface area contributed by atoms with E-state index in [0.717, 1.165) is 19.4 Å². The fourth-order valence-electron chi connectivity index (χ4n) is 2.50. The molecule has 9 heteroatoms. The fourth-order valence-corrected chi connectivity index (χ4v) is 2.50. The van der Waals surface area contributed by atoms with Crippen molar-refractivity contribution in [1.29, 1.82) is 0 Å². The van der Waals surface area contributed by atoms with Crippen molar-refractivity contribution < 1.29 is 4.79 Å². The molecule has 0 saturated carbocycles. The van der Waals surface area contributed by atoms with Gasteiger partial charge in [0.05, 0.1) is 0 Å². The van der Waals surface area contributed by atoms with E-state index in [1.165, 1.54) is 11.0 Å². The molecule has 3 rings (SSSR count). The van der Waals surface area contributed by atoms with Crippen molar-refractivity contribution in [3.63, 3.8) is 0 Å². The van der Waals surface area contributed by atoms with Crippen molar-refractivity contribution in [3.8, 4) is 5.82 Å². The van der Waals surface area contributed by atoms with E-state index in [9.17, 15) is 4.79 Å². The monoisotopic (exact) mass is 358 g/mol. The maximum atomic E-state index is 12.4. The lowest BCUT2D eigenvalue weighted by atomic mass is 9.99. The van der Waals surface area contributed by atoms with Crippen LogP contribution in [0.5, 0.6) is 0 Å². The number of halogens is 2. The maximum absolute atomic E-state index is 12.4. The van der Waals surface area contributed by atoms with Gasteiger partial charge in [-0.05, 0) is 38.4 Å². The zero-order valence-electron chi connectivity index (χ0n) is 12.7. The average molecular weight is 359 g/mol. The summed E-state index contributed by atoms with van der Waals surface area (Å²) in [7, 11) is 0.